The first-order valence-corrected chi connectivity index (χ1v) is 13.5. The molecule has 0 fully saturated rings. The Morgan fingerprint density at radius 1 is 0.950 bits per heavy atom. The Bertz CT molecular complexity index is 1500. The molecule has 0 aliphatic carbocycles. The fraction of sp³-hybridized carbons (Fsp3) is 0.207. The number of benzene rings is 3. The van der Waals surface area contributed by atoms with Crippen molar-refractivity contribution in [1.82, 2.24) is 10.2 Å². The zero-order chi connectivity index (χ0) is 28.1. The highest BCUT2D eigenvalue weighted by molar-refractivity contribution is 8.14. The second-order valence-corrected chi connectivity index (χ2v) is 9.89. The summed E-state index contributed by atoms with van der Waals surface area (Å²) in [4.78, 5) is 49.6. The number of fused-ring (bicyclic) bond motifs is 3. The van der Waals surface area contributed by atoms with Crippen LogP contribution in [-0.2, 0) is 20.9 Å². The van der Waals surface area contributed by atoms with Gasteiger partial charge in [0, 0.05) is 23.9 Å². The summed E-state index contributed by atoms with van der Waals surface area (Å²) in [7, 11) is 3.15. The van der Waals surface area contributed by atoms with Crippen LogP contribution in [0.2, 0.25) is 0 Å². The molecular weight excluding hydrogens is 530 g/mol. The van der Waals surface area contributed by atoms with E-state index in [1.54, 1.807) is 38.5 Å². The summed E-state index contributed by atoms with van der Waals surface area (Å²) in [5.74, 6) is 0.883. The third-order valence-electron chi connectivity index (χ3n) is 6.26. The predicted octanol–water partition coefficient (Wildman–Crippen LogP) is 3.74. The summed E-state index contributed by atoms with van der Waals surface area (Å²) in [5.41, 5.74) is 2.84. The number of methoxy groups -OCH3 is 2. The Balaban J connectivity index is 1.26. The van der Waals surface area contributed by atoms with E-state index in [9.17, 15) is 14.4 Å². The molecule has 3 aromatic carbocycles. The van der Waals surface area contributed by atoms with Gasteiger partial charge < -0.3 is 20.1 Å². The van der Waals surface area contributed by atoms with Crippen LogP contribution in [0.1, 0.15) is 17.5 Å². The van der Waals surface area contributed by atoms with Crippen molar-refractivity contribution in [2.75, 3.05) is 25.3 Å². The number of amides is 3. The third kappa shape index (κ3) is 5.99. The second kappa shape index (κ2) is 12.0. The van der Waals surface area contributed by atoms with Crippen molar-refractivity contribution in [3.05, 3.63) is 83.9 Å². The zero-order valence-electron chi connectivity index (χ0n) is 21.9. The first kappa shape index (κ1) is 26.9. The van der Waals surface area contributed by atoms with Crippen LogP contribution < -0.4 is 20.1 Å². The number of carbonyl (C=O) groups excluding carboxylic acids is 3. The minimum atomic E-state index is -0.895. The van der Waals surface area contributed by atoms with E-state index in [1.807, 2.05) is 48.5 Å². The maximum Gasteiger partial charge on any atom is 0.259 e. The summed E-state index contributed by atoms with van der Waals surface area (Å²) in [6.07, 6.45) is -0.106. The molecule has 2 N–H and O–H groups in total. The molecule has 11 heteroatoms. The fourth-order valence-corrected chi connectivity index (χ4v) is 5.05. The van der Waals surface area contributed by atoms with E-state index < -0.39 is 6.04 Å². The number of para-hydroxylation sites is 1. The van der Waals surface area contributed by atoms with Crippen LogP contribution in [0, 0.1) is 0 Å². The number of hydrogen-bond donors (Lipinski definition) is 2. The molecule has 2 aliphatic heterocycles. The molecule has 0 saturated heterocycles. The predicted molar refractivity (Wildman–Crippen MR) is 154 cm³/mol. The van der Waals surface area contributed by atoms with E-state index in [-0.39, 0.29) is 29.9 Å². The molecule has 10 nitrogen and oxygen atoms in total. The molecule has 40 heavy (non-hydrogen) atoms. The Morgan fingerprint density at radius 2 is 1.73 bits per heavy atom. The Labute approximate surface area is 235 Å². The van der Waals surface area contributed by atoms with Crippen molar-refractivity contribution in [3.63, 3.8) is 0 Å². The first-order valence-electron chi connectivity index (χ1n) is 12.5. The minimum Gasteiger partial charge on any atom is -0.497 e. The van der Waals surface area contributed by atoms with Crippen molar-refractivity contribution in [2.24, 2.45) is 9.98 Å². The SMILES string of the molecule is COc1ccc(CNC(=O)C[C@@H]2N=C3c4ccccc4N=C(SCC(=O)Nc4cccc(OC)c4)N3C2=O)cc1. The third-order valence-corrected chi connectivity index (χ3v) is 7.20. The maximum atomic E-state index is 13.5. The number of carbonyl (C=O) groups is 3. The van der Waals surface area contributed by atoms with Gasteiger partial charge in [-0.3, -0.25) is 19.4 Å². The van der Waals surface area contributed by atoms with E-state index in [0.717, 1.165) is 23.1 Å². The zero-order valence-corrected chi connectivity index (χ0v) is 22.7. The van der Waals surface area contributed by atoms with E-state index in [4.69, 9.17) is 9.47 Å². The summed E-state index contributed by atoms with van der Waals surface area (Å²) in [6, 6.07) is 20.9. The van der Waals surface area contributed by atoms with Gasteiger partial charge in [0.1, 0.15) is 23.4 Å². The van der Waals surface area contributed by atoms with E-state index in [0.29, 0.717) is 40.2 Å². The van der Waals surface area contributed by atoms with Gasteiger partial charge >= 0.3 is 0 Å². The molecule has 0 bridgehead atoms. The van der Waals surface area contributed by atoms with Crippen LogP contribution in [0.25, 0.3) is 0 Å². The van der Waals surface area contributed by atoms with Gasteiger partial charge in [-0.2, -0.15) is 0 Å². The van der Waals surface area contributed by atoms with Gasteiger partial charge in [0.05, 0.1) is 32.1 Å². The highest BCUT2D eigenvalue weighted by Crippen LogP contribution is 2.34. The largest absolute Gasteiger partial charge is 0.497 e. The van der Waals surface area contributed by atoms with Gasteiger partial charge in [-0.1, -0.05) is 42.1 Å². The summed E-state index contributed by atoms with van der Waals surface area (Å²) in [6.45, 7) is 0.317. The molecule has 5 rings (SSSR count). The molecule has 3 aromatic rings. The monoisotopic (exact) mass is 557 g/mol. The normalized spacial score (nSPS) is 15.4. The molecule has 2 heterocycles. The lowest BCUT2D eigenvalue weighted by Gasteiger charge is -2.25. The lowest BCUT2D eigenvalue weighted by atomic mass is 10.1. The number of nitrogens with one attached hydrogen (secondary N) is 2. The van der Waals surface area contributed by atoms with Crippen LogP contribution in [0.5, 0.6) is 11.5 Å². The molecular formula is C29H27N5O5S. The molecule has 0 unspecified atom stereocenters. The van der Waals surface area contributed by atoms with E-state index >= 15 is 0 Å². The smallest absolute Gasteiger partial charge is 0.259 e. The number of anilines is 1. The molecule has 0 saturated carbocycles. The lowest BCUT2D eigenvalue weighted by Crippen LogP contribution is -2.42. The molecule has 0 radical (unpaired) electrons. The van der Waals surface area contributed by atoms with Crippen molar-refractivity contribution >= 4 is 51.9 Å². The fourth-order valence-electron chi connectivity index (χ4n) is 4.25. The number of ether oxygens (including phenoxy) is 2. The topological polar surface area (TPSA) is 122 Å². The van der Waals surface area contributed by atoms with E-state index in [1.165, 1.54) is 4.90 Å². The lowest BCUT2D eigenvalue weighted by molar-refractivity contribution is -0.128. The number of amidine groups is 2. The van der Waals surface area contributed by atoms with Crippen LogP contribution in [-0.4, -0.2) is 59.6 Å². The van der Waals surface area contributed by atoms with Crippen molar-refractivity contribution in [3.8, 4) is 11.5 Å². The highest BCUT2D eigenvalue weighted by atomic mass is 32.2. The van der Waals surface area contributed by atoms with Crippen LogP contribution >= 0.6 is 11.8 Å². The van der Waals surface area contributed by atoms with Crippen LogP contribution in [0.4, 0.5) is 11.4 Å². The first-order chi connectivity index (χ1) is 19.4. The van der Waals surface area contributed by atoms with Gasteiger partial charge in [0.15, 0.2) is 5.17 Å². The molecule has 1 atom stereocenters. The second-order valence-electron chi connectivity index (χ2n) is 8.95. The Hall–Kier alpha value is -4.64. The van der Waals surface area contributed by atoms with Crippen LogP contribution in [0.15, 0.2) is 82.8 Å². The van der Waals surface area contributed by atoms with Gasteiger partial charge in [-0.25, -0.2) is 9.89 Å². The maximum absolute atomic E-state index is 13.5. The summed E-state index contributed by atoms with van der Waals surface area (Å²) >= 11 is 1.13. The Kier molecular flexibility index (Phi) is 8.11. The number of aliphatic imine (C=N–C) groups is 2. The van der Waals surface area contributed by atoms with Crippen molar-refractivity contribution < 1.29 is 23.9 Å². The molecule has 0 aromatic heterocycles. The Morgan fingerprint density at radius 3 is 2.50 bits per heavy atom. The van der Waals surface area contributed by atoms with Crippen molar-refractivity contribution in [2.45, 2.75) is 19.0 Å². The average molecular weight is 558 g/mol. The number of rotatable bonds is 9. The molecule has 2 aliphatic rings. The van der Waals surface area contributed by atoms with Gasteiger partial charge in [-0.15, -0.1) is 0 Å². The quantitative estimate of drug-likeness (QED) is 0.414. The number of thioether (sulfide) groups is 1. The standard InChI is InChI=1S/C29H27N5O5S/c1-38-20-12-10-18(11-13-20)16-30-25(35)15-24-28(37)34-27(32-24)22-8-3-4-9-23(22)33-29(34)40-17-26(36)31-19-6-5-7-21(14-19)39-2/h3-14,24H,15-17H2,1-2H3,(H,30,35)(H,31,36)/t24-/m0/s1. The van der Waals surface area contributed by atoms with Gasteiger partial charge in [0.2, 0.25) is 11.8 Å². The van der Waals surface area contributed by atoms with Crippen molar-refractivity contribution in [1.29, 1.82) is 0 Å². The molecule has 3 amide bonds. The average Bonchev–Trinajstić information content (AvgIpc) is 3.31. The summed E-state index contributed by atoms with van der Waals surface area (Å²) in [5, 5.41) is 6.01. The number of nitrogens with zero attached hydrogens (tertiary/aromatic N) is 3. The van der Waals surface area contributed by atoms with Gasteiger partial charge in [-0.05, 0) is 42.0 Å². The molecule has 0 spiro atoms. The van der Waals surface area contributed by atoms with Gasteiger partial charge in [0.25, 0.3) is 5.91 Å². The summed E-state index contributed by atoms with van der Waals surface area (Å²) < 4.78 is 10.4. The minimum absolute atomic E-state index is 0.0162. The van der Waals surface area contributed by atoms with E-state index in [2.05, 4.69) is 20.6 Å². The molecule has 204 valence electrons. The highest BCUT2D eigenvalue weighted by Gasteiger charge is 2.42. The number of hydrogen-bond acceptors (Lipinski definition) is 8. The van der Waals surface area contributed by atoms with Crippen LogP contribution in [0.3, 0.4) is 0 Å².